The lowest BCUT2D eigenvalue weighted by Gasteiger charge is -2.28. The largest absolute Gasteiger partial charge is 0.461 e. The van der Waals surface area contributed by atoms with E-state index < -0.39 is 0 Å². The summed E-state index contributed by atoms with van der Waals surface area (Å²) in [5.74, 6) is -0.249. The van der Waals surface area contributed by atoms with E-state index in [-0.39, 0.29) is 18.1 Å². The van der Waals surface area contributed by atoms with Gasteiger partial charge in [0.15, 0.2) is 0 Å². The van der Waals surface area contributed by atoms with Gasteiger partial charge in [-0.2, -0.15) is 0 Å². The number of rotatable bonds is 6. The van der Waals surface area contributed by atoms with Crippen LogP contribution in [0.2, 0.25) is 0 Å². The molecule has 0 bridgehead atoms. The predicted molar refractivity (Wildman–Crippen MR) is 82.9 cm³/mol. The maximum Gasteiger partial charge on any atom is 0.302 e. The molecule has 0 aromatic heterocycles. The molecule has 112 valence electrons. The van der Waals surface area contributed by atoms with Gasteiger partial charge in [-0.15, -0.1) is 0 Å². The Morgan fingerprint density at radius 3 is 2.65 bits per heavy atom. The Hall–Kier alpha value is -1.55. The average molecular weight is 278 g/mol. The third kappa shape index (κ3) is 4.23. The summed E-state index contributed by atoms with van der Waals surface area (Å²) in [5, 5.41) is 0. The van der Waals surface area contributed by atoms with Gasteiger partial charge >= 0.3 is 5.97 Å². The van der Waals surface area contributed by atoms with Crippen molar-refractivity contribution in [1.29, 1.82) is 0 Å². The lowest BCUT2D eigenvalue weighted by molar-refractivity contribution is -0.144. The van der Waals surface area contributed by atoms with Gasteiger partial charge in [-0.25, -0.2) is 0 Å². The third-order valence-corrected chi connectivity index (χ3v) is 3.42. The molecule has 0 saturated carbocycles. The lowest BCUT2D eigenvalue weighted by atomic mass is 9.97. The van der Waals surface area contributed by atoms with Gasteiger partial charge < -0.3 is 15.4 Å². The highest BCUT2D eigenvalue weighted by atomic mass is 16.5. The van der Waals surface area contributed by atoms with E-state index in [1.807, 2.05) is 20.0 Å². The molecule has 1 aromatic rings. The fourth-order valence-electron chi connectivity index (χ4n) is 2.49. The van der Waals surface area contributed by atoms with Crippen molar-refractivity contribution < 1.29 is 9.53 Å². The fraction of sp³-hybridized carbons (Fsp3) is 0.562. The SMILES string of the molecule is CCC(N)c1c(C)cccc1N(C)CC(C)OC(C)=O. The maximum atomic E-state index is 11.0. The number of likely N-dealkylation sites (N-methyl/N-ethyl adjacent to an activating group) is 1. The summed E-state index contributed by atoms with van der Waals surface area (Å²) in [6, 6.07) is 6.21. The van der Waals surface area contributed by atoms with Gasteiger partial charge in [0.05, 0.1) is 6.54 Å². The van der Waals surface area contributed by atoms with Gasteiger partial charge in [0.2, 0.25) is 0 Å². The molecule has 20 heavy (non-hydrogen) atoms. The van der Waals surface area contributed by atoms with E-state index in [1.165, 1.54) is 18.1 Å². The molecule has 0 spiro atoms. The monoisotopic (exact) mass is 278 g/mol. The Kier molecular flexibility index (Phi) is 6.02. The van der Waals surface area contributed by atoms with Crippen LogP contribution >= 0.6 is 0 Å². The van der Waals surface area contributed by atoms with Crippen LogP contribution < -0.4 is 10.6 Å². The summed E-state index contributed by atoms with van der Waals surface area (Å²) < 4.78 is 5.19. The molecule has 0 saturated heterocycles. The molecule has 0 radical (unpaired) electrons. The number of anilines is 1. The maximum absolute atomic E-state index is 11.0. The molecule has 0 amide bonds. The number of benzene rings is 1. The predicted octanol–water partition coefficient (Wildman–Crippen LogP) is 2.79. The van der Waals surface area contributed by atoms with Crippen molar-refractivity contribution in [3.8, 4) is 0 Å². The Labute approximate surface area is 121 Å². The van der Waals surface area contributed by atoms with E-state index >= 15 is 0 Å². The van der Waals surface area contributed by atoms with Crippen LogP contribution in [0.5, 0.6) is 0 Å². The zero-order valence-corrected chi connectivity index (χ0v) is 13.1. The van der Waals surface area contributed by atoms with Crippen LogP contribution in [0.15, 0.2) is 18.2 Å². The number of carbonyl (C=O) groups is 1. The number of hydrogen-bond acceptors (Lipinski definition) is 4. The quantitative estimate of drug-likeness (QED) is 0.813. The van der Waals surface area contributed by atoms with Crippen LogP contribution in [0, 0.1) is 6.92 Å². The molecule has 0 fully saturated rings. The fourth-order valence-corrected chi connectivity index (χ4v) is 2.49. The van der Waals surface area contributed by atoms with Gasteiger partial charge in [0.25, 0.3) is 0 Å². The zero-order chi connectivity index (χ0) is 15.3. The highest BCUT2D eigenvalue weighted by Crippen LogP contribution is 2.29. The van der Waals surface area contributed by atoms with Crippen LogP contribution in [0.1, 0.15) is 44.4 Å². The number of ether oxygens (including phenoxy) is 1. The van der Waals surface area contributed by atoms with Crippen molar-refractivity contribution in [2.45, 2.75) is 46.3 Å². The van der Waals surface area contributed by atoms with Crippen molar-refractivity contribution in [1.82, 2.24) is 0 Å². The number of nitrogens with two attached hydrogens (primary N) is 1. The van der Waals surface area contributed by atoms with Crippen LogP contribution in [-0.4, -0.2) is 25.7 Å². The van der Waals surface area contributed by atoms with E-state index in [1.54, 1.807) is 0 Å². The number of hydrogen-bond donors (Lipinski definition) is 1. The first-order valence-electron chi connectivity index (χ1n) is 7.10. The van der Waals surface area contributed by atoms with E-state index in [9.17, 15) is 4.79 Å². The molecule has 4 heteroatoms. The first-order chi connectivity index (χ1) is 9.36. The molecular formula is C16H26N2O2. The van der Waals surface area contributed by atoms with Crippen LogP contribution in [0.4, 0.5) is 5.69 Å². The molecular weight excluding hydrogens is 252 g/mol. The first kappa shape index (κ1) is 16.5. The van der Waals surface area contributed by atoms with E-state index in [0.29, 0.717) is 6.54 Å². The van der Waals surface area contributed by atoms with Crippen molar-refractivity contribution >= 4 is 11.7 Å². The topological polar surface area (TPSA) is 55.6 Å². The average Bonchev–Trinajstić information content (AvgIpc) is 2.36. The van der Waals surface area contributed by atoms with E-state index in [4.69, 9.17) is 10.5 Å². The molecule has 0 heterocycles. The standard InChI is InChI=1S/C16H26N2O2/c1-6-14(17)16-11(2)8-7-9-15(16)18(5)10-12(3)20-13(4)19/h7-9,12,14H,6,10,17H2,1-5H3. The summed E-state index contributed by atoms with van der Waals surface area (Å²) in [5.41, 5.74) is 9.71. The highest BCUT2D eigenvalue weighted by molar-refractivity contribution is 5.66. The third-order valence-electron chi connectivity index (χ3n) is 3.42. The van der Waals surface area contributed by atoms with Gasteiger partial charge in [0.1, 0.15) is 6.10 Å². The Morgan fingerprint density at radius 1 is 1.45 bits per heavy atom. The smallest absolute Gasteiger partial charge is 0.302 e. The lowest BCUT2D eigenvalue weighted by Crippen LogP contribution is -2.31. The second-order valence-electron chi connectivity index (χ2n) is 5.32. The number of carbonyl (C=O) groups excluding carboxylic acids is 1. The summed E-state index contributed by atoms with van der Waals surface area (Å²) in [7, 11) is 2.00. The van der Waals surface area contributed by atoms with Gasteiger partial charge in [0, 0.05) is 25.7 Å². The van der Waals surface area contributed by atoms with Gasteiger partial charge in [-0.1, -0.05) is 19.1 Å². The summed E-state index contributed by atoms with van der Waals surface area (Å²) in [4.78, 5) is 13.1. The first-order valence-corrected chi connectivity index (χ1v) is 7.10. The minimum atomic E-state index is -0.249. The van der Waals surface area contributed by atoms with Gasteiger partial charge in [-0.3, -0.25) is 4.79 Å². The Morgan fingerprint density at radius 2 is 2.10 bits per heavy atom. The molecule has 2 N–H and O–H groups in total. The normalized spacial score (nSPS) is 13.7. The molecule has 1 rings (SSSR count). The second-order valence-corrected chi connectivity index (χ2v) is 5.32. The van der Waals surface area contributed by atoms with Crippen molar-refractivity contribution in [3.63, 3.8) is 0 Å². The molecule has 2 atom stereocenters. The summed E-state index contributed by atoms with van der Waals surface area (Å²) in [6.45, 7) is 8.14. The van der Waals surface area contributed by atoms with E-state index in [2.05, 4.69) is 30.9 Å². The number of esters is 1. The molecule has 2 unspecified atom stereocenters. The molecule has 0 aliphatic heterocycles. The van der Waals surface area contributed by atoms with Crippen molar-refractivity contribution in [2.24, 2.45) is 5.73 Å². The minimum Gasteiger partial charge on any atom is -0.461 e. The number of aryl methyl sites for hydroxylation is 1. The molecule has 1 aromatic carbocycles. The highest BCUT2D eigenvalue weighted by Gasteiger charge is 2.17. The Balaban J connectivity index is 2.95. The van der Waals surface area contributed by atoms with E-state index in [0.717, 1.165) is 12.1 Å². The number of nitrogens with zero attached hydrogens (tertiary/aromatic N) is 1. The van der Waals surface area contributed by atoms with Crippen LogP contribution in [0.25, 0.3) is 0 Å². The van der Waals surface area contributed by atoms with Crippen LogP contribution in [-0.2, 0) is 9.53 Å². The minimum absolute atomic E-state index is 0.0256. The zero-order valence-electron chi connectivity index (χ0n) is 13.1. The Bertz CT molecular complexity index is 460. The molecule has 4 nitrogen and oxygen atoms in total. The summed E-state index contributed by atoms with van der Waals surface area (Å²) >= 11 is 0. The van der Waals surface area contributed by atoms with Gasteiger partial charge in [-0.05, 0) is 37.5 Å². The molecule has 0 aliphatic rings. The van der Waals surface area contributed by atoms with Crippen molar-refractivity contribution in [3.05, 3.63) is 29.3 Å². The van der Waals surface area contributed by atoms with Crippen LogP contribution in [0.3, 0.4) is 0 Å². The second kappa shape index (κ2) is 7.29. The summed E-state index contributed by atoms with van der Waals surface area (Å²) in [6.07, 6.45) is 0.745. The molecule has 0 aliphatic carbocycles. The van der Waals surface area contributed by atoms with Crippen molar-refractivity contribution in [2.75, 3.05) is 18.5 Å².